The number of nitrogens with two attached hydrogens (primary N) is 1. The fraction of sp³-hybridized carbons (Fsp3) is 0.200. The Bertz CT molecular complexity index is 631. The van der Waals surface area contributed by atoms with Crippen LogP contribution in [0, 0.1) is 0 Å². The molecule has 2 aromatic rings. The molecule has 0 bridgehead atoms. The number of hydrazine groups is 1. The van der Waals surface area contributed by atoms with Gasteiger partial charge in [-0.3, -0.25) is 10.2 Å². The monoisotopic (exact) mass is 286 g/mol. The third-order valence-corrected chi connectivity index (χ3v) is 3.10. The molecular formula is C15H18N4O2. The number of anilines is 1. The van der Waals surface area contributed by atoms with Crippen LogP contribution in [-0.2, 0) is 6.54 Å². The summed E-state index contributed by atoms with van der Waals surface area (Å²) >= 11 is 0. The number of pyridine rings is 1. The molecule has 0 saturated carbocycles. The summed E-state index contributed by atoms with van der Waals surface area (Å²) < 4.78 is 0. The van der Waals surface area contributed by atoms with Gasteiger partial charge in [0.25, 0.3) is 5.91 Å². The molecule has 6 heteroatoms. The highest BCUT2D eigenvalue weighted by Gasteiger charge is 2.10. The number of nitrogens with zero attached hydrogens (tertiary/aromatic N) is 2. The van der Waals surface area contributed by atoms with Crippen LogP contribution in [0.2, 0.25) is 0 Å². The highest BCUT2D eigenvalue weighted by atomic mass is 16.3. The molecule has 1 amide bonds. The van der Waals surface area contributed by atoms with Gasteiger partial charge in [-0.05, 0) is 31.2 Å². The minimum absolute atomic E-state index is 0.218. The second kappa shape index (κ2) is 6.71. The molecule has 0 unspecified atom stereocenters. The molecule has 0 spiro atoms. The average Bonchev–Trinajstić information content (AvgIpc) is 2.52. The number of nitrogens with one attached hydrogen (secondary N) is 1. The summed E-state index contributed by atoms with van der Waals surface area (Å²) in [6.07, 6.45) is 0. The van der Waals surface area contributed by atoms with Gasteiger partial charge in [-0.2, -0.15) is 0 Å². The molecule has 0 aliphatic rings. The van der Waals surface area contributed by atoms with Gasteiger partial charge in [-0.15, -0.1) is 0 Å². The number of phenols is 1. The van der Waals surface area contributed by atoms with E-state index in [1.807, 2.05) is 24.0 Å². The van der Waals surface area contributed by atoms with Gasteiger partial charge in [0.15, 0.2) is 0 Å². The number of phenolic OH excluding ortho intramolecular Hbond substituents is 1. The van der Waals surface area contributed by atoms with Gasteiger partial charge >= 0.3 is 0 Å². The predicted molar refractivity (Wildman–Crippen MR) is 80.7 cm³/mol. The zero-order valence-corrected chi connectivity index (χ0v) is 11.8. The Morgan fingerprint density at radius 3 is 2.76 bits per heavy atom. The summed E-state index contributed by atoms with van der Waals surface area (Å²) in [5.74, 6) is 4.91. The van der Waals surface area contributed by atoms with E-state index in [-0.39, 0.29) is 11.4 Å². The molecule has 2 rings (SSSR count). The SMILES string of the molecule is CCN(Cc1cccc(C(=O)NN)n1)c1cccc(O)c1. The normalized spacial score (nSPS) is 10.2. The average molecular weight is 286 g/mol. The zero-order valence-electron chi connectivity index (χ0n) is 11.8. The number of aromatic nitrogens is 1. The third-order valence-electron chi connectivity index (χ3n) is 3.10. The van der Waals surface area contributed by atoms with Gasteiger partial charge in [-0.1, -0.05) is 12.1 Å². The van der Waals surface area contributed by atoms with E-state index >= 15 is 0 Å². The minimum Gasteiger partial charge on any atom is -0.508 e. The third kappa shape index (κ3) is 3.70. The number of benzene rings is 1. The van der Waals surface area contributed by atoms with Crippen molar-refractivity contribution in [1.29, 1.82) is 0 Å². The summed E-state index contributed by atoms with van der Waals surface area (Å²) in [4.78, 5) is 17.8. The largest absolute Gasteiger partial charge is 0.508 e. The second-order valence-electron chi connectivity index (χ2n) is 4.52. The molecule has 4 N–H and O–H groups in total. The maximum atomic E-state index is 11.5. The Balaban J connectivity index is 2.21. The fourth-order valence-corrected chi connectivity index (χ4v) is 2.04. The van der Waals surface area contributed by atoms with Gasteiger partial charge < -0.3 is 10.0 Å². The number of carbonyl (C=O) groups is 1. The molecule has 1 heterocycles. The maximum absolute atomic E-state index is 11.5. The first-order valence-electron chi connectivity index (χ1n) is 6.65. The van der Waals surface area contributed by atoms with E-state index in [2.05, 4.69) is 10.4 Å². The van der Waals surface area contributed by atoms with E-state index in [1.165, 1.54) is 0 Å². The van der Waals surface area contributed by atoms with Gasteiger partial charge in [0.05, 0.1) is 12.2 Å². The first-order valence-corrected chi connectivity index (χ1v) is 6.65. The van der Waals surface area contributed by atoms with Crippen LogP contribution in [0.25, 0.3) is 0 Å². The summed E-state index contributed by atoms with van der Waals surface area (Å²) in [7, 11) is 0. The predicted octanol–water partition coefficient (Wildman–Crippen LogP) is 1.42. The molecule has 0 saturated heterocycles. The van der Waals surface area contributed by atoms with Crippen molar-refractivity contribution >= 4 is 11.6 Å². The topological polar surface area (TPSA) is 91.5 Å². The number of rotatable bonds is 5. The summed E-state index contributed by atoms with van der Waals surface area (Å²) in [6.45, 7) is 3.30. The zero-order chi connectivity index (χ0) is 15.2. The van der Waals surface area contributed by atoms with E-state index in [0.717, 1.165) is 17.9 Å². The lowest BCUT2D eigenvalue weighted by Gasteiger charge is -2.23. The molecule has 0 fully saturated rings. The molecule has 0 atom stereocenters. The lowest BCUT2D eigenvalue weighted by molar-refractivity contribution is 0.0948. The quantitative estimate of drug-likeness (QED) is 0.439. The lowest BCUT2D eigenvalue weighted by Crippen LogP contribution is -2.31. The van der Waals surface area contributed by atoms with Crippen LogP contribution in [0.5, 0.6) is 5.75 Å². The Morgan fingerprint density at radius 1 is 1.33 bits per heavy atom. The van der Waals surface area contributed by atoms with Crippen molar-refractivity contribution in [2.75, 3.05) is 11.4 Å². The standard InChI is InChI=1S/C15H18N4O2/c1-2-19(12-6-4-7-13(20)9-12)10-11-5-3-8-14(17-11)15(21)18-16/h3-9,20H,2,10,16H2,1H3,(H,18,21). The molecule has 1 aromatic carbocycles. The number of amides is 1. The van der Waals surface area contributed by atoms with Crippen molar-refractivity contribution in [3.63, 3.8) is 0 Å². The van der Waals surface area contributed by atoms with Crippen LogP contribution in [-0.4, -0.2) is 22.5 Å². The molecule has 110 valence electrons. The first-order chi connectivity index (χ1) is 10.1. The van der Waals surface area contributed by atoms with Gasteiger partial charge in [0.2, 0.25) is 0 Å². The van der Waals surface area contributed by atoms with E-state index in [4.69, 9.17) is 5.84 Å². The van der Waals surface area contributed by atoms with E-state index < -0.39 is 5.91 Å². The van der Waals surface area contributed by atoms with E-state index in [9.17, 15) is 9.90 Å². The van der Waals surface area contributed by atoms with Crippen molar-refractivity contribution in [2.24, 2.45) is 5.84 Å². The Kier molecular flexibility index (Phi) is 4.73. The summed E-state index contributed by atoms with van der Waals surface area (Å²) in [5, 5.41) is 9.56. The smallest absolute Gasteiger partial charge is 0.283 e. The second-order valence-corrected chi connectivity index (χ2v) is 4.52. The molecule has 1 aromatic heterocycles. The fourth-order valence-electron chi connectivity index (χ4n) is 2.04. The summed E-state index contributed by atoms with van der Waals surface area (Å²) in [6, 6.07) is 12.2. The molecular weight excluding hydrogens is 268 g/mol. The van der Waals surface area contributed by atoms with E-state index in [0.29, 0.717) is 6.54 Å². The number of carbonyl (C=O) groups excluding carboxylic acids is 1. The number of aromatic hydroxyl groups is 1. The minimum atomic E-state index is -0.419. The first kappa shape index (κ1) is 14.8. The van der Waals surface area contributed by atoms with Crippen molar-refractivity contribution in [2.45, 2.75) is 13.5 Å². The lowest BCUT2D eigenvalue weighted by atomic mass is 10.2. The van der Waals surface area contributed by atoms with Gasteiger partial charge in [0, 0.05) is 18.3 Å². The van der Waals surface area contributed by atoms with Crippen LogP contribution in [0.4, 0.5) is 5.69 Å². The molecule has 21 heavy (non-hydrogen) atoms. The van der Waals surface area contributed by atoms with E-state index in [1.54, 1.807) is 30.3 Å². The van der Waals surface area contributed by atoms with Crippen LogP contribution in [0.1, 0.15) is 23.1 Å². The Labute approximate surface area is 123 Å². The number of hydrogen-bond donors (Lipinski definition) is 3. The van der Waals surface area contributed by atoms with Crippen molar-refractivity contribution in [3.8, 4) is 5.75 Å². The Hall–Kier alpha value is -2.60. The van der Waals surface area contributed by atoms with Gasteiger partial charge in [-0.25, -0.2) is 10.8 Å². The van der Waals surface area contributed by atoms with Crippen LogP contribution in [0.15, 0.2) is 42.5 Å². The van der Waals surface area contributed by atoms with Gasteiger partial charge in [0.1, 0.15) is 11.4 Å². The summed E-state index contributed by atoms with van der Waals surface area (Å²) in [5.41, 5.74) is 3.99. The van der Waals surface area contributed by atoms with Crippen LogP contribution < -0.4 is 16.2 Å². The van der Waals surface area contributed by atoms with Crippen molar-refractivity contribution < 1.29 is 9.90 Å². The molecule has 0 radical (unpaired) electrons. The molecule has 0 aliphatic heterocycles. The van der Waals surface area contributed by atoms with Crippen LogP contribution >= 0.6 is 0 Å². The highest BCUT2D eigenvalue weighted by molar-refractivity contribution is 5.91. The van der Waals surface area contributed by atoms with Crippen molar-refractivity contribution in [3.05, 3.63) is 53.9 Å². The van der Waals surface area contributed by atoms with Crippen molar-refractivity contribution in [1.82, 2.24) is 10.4 Å². The number of hydrogen-bond acceptors (Lipinski definition) is 5. The van der Waals surface area contributed by atoms with Crippen LogP contribution in [0.3, 0.4) is 0 Å². The number of nitrogen functional groups attached to an aromatic ring is 1. The highest BCUT2D eigenvalue weighted by Crippen LogP contribution is 2.21. The molecule has 6 nitrogen and oxygen atoms in total. The molecule has 0 aliphatic carbocycles. The maximum Gasteiger partial charge on any atom is 0.283 e. The Morgan fingerprint density at radius 2 is 2.10 bits per heavy atom.